The first-order valence-electron chi connectivity index (χ1n) is 7.97. The summed E-state index contributed by atoms with van der Waals surface area (Å²) in [5, 5.41) is 0.612. The average molecular weight is 287 g/mol. The Kier molecular flexibility index (Phi) is 5.78. The van der Waals surface area contributed by atoms with Crippen molar-refractivity contribution in [1.82, 2.24) is 9.55 Å². The predicted molar refractivity (Wildman–Crippen MR) is 88.4 cm³/mol. The fraction of sp³-hybridized carbons (Fsp3) is 0.529. The molecule has 4 heteroatoms. The molecule has 2 N–H and O–H groups in total. The summed E-state index contributed by atoms with van der Waals surface area (Å²) in [7, 11) is 0. The minimum Gasteiger partial charge on any atom is -0.399 e. The SMILES string of the molecule is CCCCCCCCCn1cnc2ccc(N)cc2c1=O. The van der Waals surface area contributed by atoms with Crippen LogP contribution in [0, 0.1) is 0 Å². The molecule has 1 heterocycles. The number of anilines is 1. The molecule has 0 atom stereocenters. The van der Waals surface area contributed by atoms with E-state index in [0.717, 1.165) is 13.0 Å². The molecule has 0 radical (unpaired) electrons. The molecule has 0 amide bonds. The summed E-state index contributed by atoms with van der Waals surface area (Å²) in [6, 6.07) is 5.28. The van der Waals surface area contributed by atoms with Gasteiger partial charge in [0.1, 0.15) is 0 Å². The Hall–Kier alpha value is -1.84. The fourth-order valence-electron chi connectivity index (χ4n) is 2.58. The van der Waals surface area contributed by atoms with E-state index in [1.54, 1.807) is 29.1 Å². The van der Waals surface area contributed by atoms with E-state index in [0.29, 0.717) is 16.6 Å². The summed E-state index contributed by atoms with van der Waals surface area (Å²) in [5.74, 6) is 0. The second-order valence-electron chi connectivity index (χ2n) is 5.64. The number of hydrogen-bond donors (Lipinski definition) is 1. The number of nitrogens with two attached hydrogens (primary N) is 1. The van der Waals surface area contributed by atoms with Crippen LogP contribution in [0.4, 0.5) is 5.69 Å². The van der Waals surface area contributed by atoms with Crippen LogP contribution in [0.5, 0.6) is 0 Å². The molecule has 1 aromatic carbocycles. The molecule has 1 aromatic heterocycles. The highest BCUT2D eigenvalue weighted by atomic mass is 16.1. The minimum atomic E-state index is 0.0123. The highest BCUT2D eigenvalue weighted by molar-refractivity contribution is 5.80. The zero-order chi connectivity index (χ0) is 15.1. The molecule has 4 nitrogen and oxygen atoms in total. The van der Waals surface area contributed by atoms with E-state index in [9.17, 15) is 4.79 Å². The van der Waals surface area contributed by atoms with E-state index >= 15 is 0 Å². The molecule has 2 rings (SSSR count). The zero-order valence-electron chi connectivity index (χ0n) is 12.8. The standard InChI is InChI=1S/C17H25N3O/c1-2-3-4-5-6-7-8-11-20-13-19-16-10-9-14(18)12-15(16)17(20)21/h9-10,12-13H,2-8,11,18H2,1H3. The van der Waals surface area contributed by atoms with Crippen molar-refractivity contribution in [3.63, 3.8) is 0 Å². The summed E-state index contributed by atoms with van der Waals surface area (Å²) in [4.78, 5) is 16.7. The molecule has 0 unspecified atom stereocenters. The lowest BCUT2D eigenvalue weighted by Crippen LogP contribution is -2.20. The average Bonchev–Trinajstić information content (AvgIpc) is 2.49. The Morgan fingerprint density at radius 1 is 1.10 bits per heavy atom. The minimum absolute atomic E-state index is 0.0123. The van der Waals surface area contributed by atoms with Crippen LogP contribution in [0.15, 0.2) is 29.3 Å². The van der Waals surface area contributed by atoms with E-state index in [1.807, 2.05) is 0 Å². The van der Waals surface area contributed by atoms with Crippen molar-refractivity contribution in [2.75, 3.05) is 5.73 Å². The molecule has 0 fully saturated rings. The van der Waals surface area contributed by atoms with Gasteiger partial charge in [0.25, 0.3) is 5.56 Å². The molecule has 0 aliphatic rings. The van der Waals surface area contributed by atoms with Crippen LogP contribution in [0.1, 0.15) is 51.9 Å². The summed E-state index contributed by atoms with van der Waals surface area (Å²) in [6.45, 7) is 2.97. The number of fused-ring (bicyclic) bond motifs is 1. The number of nitrogen functional groups attached to an aromatic ring is 1. The first-order valence-corrected chi connectivity index (χ1v) is 7.97. The Morgan fingerprint density at radius 2 is 1.81 bits per heavy atom. The van der Waals surface area contributed by atoms with Crippen LogP contribution in [0.25, 0.3) is 10.9 Å². The predicted octanol–water partition coefficient (Wildman–Crippen LogP) is 3.73. The third-order valence-corrected chi connectivity index (χ3v) is 3.85. The van der Waals surface area contributed by atoms with Gasteiger partial charge in [-0.1, -0.05) is 45.4 Å². The Morgan fingerprint density at radius 3 is 2.57 bits per heavy atom. The lowest BCUT2D eigenvalue weighted by molar-refractivity contribution is 0.541. The quantitative estimate of drug-likeness (QED) is 0.594. The van der Waals surface area contributed by atoms with Gasteiger partial charge in [-0.3, -0.25) is 9.36 Å². The lowest BCUT2D eigenvalue weighted by atomic mass is 10.1. The van der Waals surface area contributed by atoms with Crippen LogP contribution in [-0.2, 0) is 6.54 Å². The lowest BCUT2D eigenvalue weighted by Gasteiger charge is -2.07. The Labute approximate surface area is 126 Å². The van der Waals surface area contributed by atoms with Crippen molar-refractivity contribution in [1.29, 1.82) is 0 Å². The number of benzene rings is 1. The van der Waals surface area contributed by atoms with Gasteiger partial charge in [0.2, 0.25) is 0 Å². The molecule has 114 valence electrons. The van der Waals surface area contributed by atoms with E-state index < -0.39 is 0 Å². The highest BCUT2D eigenvalue weighted by Crippen LogP contribution is 2.12. The second-order valence-corrected chi connectivity index (χ2v) is 5.64. The normalized spacial score (nSPS) is 11.1. The summed E-state index contributed by atoms with van der Waals surface area (Å²) in [6.07, 6.45) is 10.3. The number of rotatable bonds is 8. The molecule has 2 aromatic rings. The number of aromatic nitrogens is 2. The van der Waals surface area contributed by atoms with Crippen molar-refractivity contribution < 1.29 is 0 Å². The number of unbranched alkanes of at least 4 members (excludes halogenated alkanes) is 6. The summed E-state index contributed by atoms with van der Waals surface area (Å²) < 4.78 is 1.70. The van der Waals surface area contributed by atoms with Crippen LogP contribution in [0.3, 0.4) is 0 Å². The molecule has 0 spiro atoms. The third-order valence-electron chi connectivity index (χ3n) is 3.85. The monoisotopic (exact) mass is 287 g/mol. The molecule has 0 aliphatic heterocycles. The number of hydrogen-bond acceptors (Lipinski definition) is 3. The molecule has 0 bridgehead atoms. The van der Waals surface area contributed by atoms with Crippen molar-refractivity contribution in [3.05, 3.63) is 34.9 Å². The first kappa shape index (κ1) is 15.5. The maximum Gasteiger partial charge on any atom is 0.261 e. The fourth-order valence-corrected chi connectivity index (χ4v) is 2.58. The Bertz CT molecular complexity index is 633. The molecule has 21 heavy (non-hydrogen) atoms. The largest absolute Gasteiger partial charge is 0.399 e. The van der Waals surface area contributed by atoms with Gasteiger partial charge < -0.3 is 5.73 Å². The molecule has 0 aliphatic carbocycles. The summed E-state index contributed by atoms with van der Waals surface area (Å²) in [5.41, 5.74) is 7.08. The van der Waals surface area contributed by atoms with Crippen LogP contribution in [-0.4, -0.2) is 9.55 Å². The van der Waals surface area contributed by atoms with Crippen LogP contribution >= 0.6 is 0 Å². The van der Waals surface area contributed by atoms with E-state index in [4.69, 9.17) is 5.73 Å². The number of aryl methyl sites for hydroxylation is 1. The first-order chi connectivity index (χ1) is 10.2. The molecular weight excluding hydrogens is 262 g/mol. The van der Waals surface area contributed by atoms with Gasteiger partial charge in [-0.25, -0.2) is 4.98 Å². The maximum absolute atomic E-state index is 12.4. The van der Waals surface area contributed by atoms with Gasteiger partial charge in [0.15, 0.2) is 0 Å². The van der Waals surface area contributed by atoms with Gasteiger partial charge in [-0.2, -0.15) is 0 Å². The van der Waals surface area contributed by atoms with Gasteiger partial charge in [-0.15, -0.1) is 0 Å². The molecule has 0 saturated carbocycles. The topological polar surface area (TPSA) is 60.9 Å². The van der Waals surface area contributed by atoms with E-state index in [-0.39, 0.29) is 5.56 Å². The second kappa shape index (κ2) is 7.81. The van der Waals surface area contributed by atoms with Crippen molar-refractivity contribution in [3.8, 4) is 0 Å². The van der Waals surface area contributed by atoms with Gasteiger partial charge in [-0.05, 0) is 24.6 Å². The van der Waals surface area contributed by atoms with Gasteiger partial charge in [0.05, 0.1) is 17.2 Å². The van der Waals surface area contributed by atoms with Crippen LogP contribution in [0.2, 0.25) is 0 Å². The highest BCUT2D eigenvalue weighted by Gasteiger charge is 2.04. The molecular formula is C17H25N3O. The smallest absolute Gasteiger partial charge is 0.261 e. The van der Waals surface area contributed by atoms with Crippen LogP contribution < -0.4 is 11.3 Å². The van der Waals surface area contributed by atoms with E-state index in [1.165, 1.54) is 38.5 Å². The van der Waals surface area contributed by atoms with Crippen molar-refractivity contribution in [2.24, 2.45) is 0 Å². The molecule has 0 saturated heterocycles. The van der Waals surface area contributed by atoms with Crippen molar-refractivity contribution >= 4 is 16.6 Å². The van der Waals surface area contributed by atoms with Gasteiger partial charge >= 0.3 is 0 Å². The van der Waals surface area contributed by atoms with E-state index in [2.05, 4.69) is 11.9 Å². The third kappa shape index (κ3) is 4.31. The summed E-state index contributed by atoms with van der Waals surface area (Å²) >= 11 is 0. The Balaban J connectivity index is 1.91. The maximum atomic E-state index is 12.4. The van der Waals surface area contributed by atoms with Gasteiger partial charge in [0, 0.05) is 12.2 Å². The zero-order valence-corrected chi connectivity index (χ0v) is 12.8. The number of nitrogens with zero attached hydrogens (tertiary/aromatic N) is 2. The van der Waals surface area contributed by atoms with Crippen molar-refractivity contribution in [2.45, 2.75) is 58.4 Å².